The lowest BCUT2D eigenvalue weighted by atomic mass is 10.1. The molecule has 0 aliphatic heterocycles. The van der Waals surface area contributed by atoms with E-state index in [4.69, 9.17) is 0 Å². The maximum absolute atomic E-state index is 11.9. The Morgan fingerprint density at radius 1 is 1.47 bits per heavy atom. The molecule has 3 heteroatoms. The van der Waals surface area contributed by atoms with Crippen LogP contribution in [0.5, 0.6) is 0 Å². The molecule has 2 nitrogen and oxygen atoms in total. The van der Waals surface area contributed by atoms with Gasteiger partial charge in [0.1, 0.15) is 0 Å². The zero-order chi connectivity index (χ0) is 11.5. The predicted molar refractivity (Wildman–Crippen MR) is 65.5 cm³/mol. The van der Waals surface area contributed by atoms with Crippen LogP contribution in [0.3, 0.4) is 0 Å². The van der Waals surface area contributed by atoms with Gasteiger partial charge in [0.25, 0.3) is 0 Å². The molecule has 0 N–H and O–H groups in total. The van der Waals surface area contributed by atoms with E-state index < -0.39 is 0 Å². The van der Waals surface area contributed by atoms with Gasteiger partial charge < -0.3 is 0 Å². The lowest BCUT2D eigenvalue weighted by Crippen LogP contribution is -2.13. The maximum Gasteiger partial charge on any atom is 0.174 e. The molecular formula is C12H17NOS. The van der Waals surface area contributed by atoms with Crippen molar-refractivity contribution in [2.45, 2.75) is 32.4 Å². The molecule has 0 amide bonds. The molecule has 0 radical (unpaired) electrons. The number of thioether (sulfide) groups is 1. The standard InChI is InChI=1S/C12H17NOS/c1-9-5-6-13-7-10(9)11(14)8-15-12(2,3)4/h5-7H,8H2,1-4H3. The van der Waals surface area contributed by atoms with E-state index in [-0.39, 0.29) is 10.5 Å². The van der Waals surface area contributed by atoms with E-state index in [1.165, 1.54) is 0 Å². The van der Waals surface area contributed by atoms with Crippen LogP contribution in [0.2, 0.25) is 0 Å². The van der Waals surface area contributed by atoms with E-state index in [9.17, 15) is 4.79 Å². The Hall–Kier alpha value is -0.830. The summed E-state index contributed by atoms with van der Waals surface area (Å²) in [7, 11) is 0. The van der Waals surface area contributed by atoms with E-state index in [1.807, 2.05) is 13.0 Å². The minimum Gasteiger partial charge on any atom is -0.293 e. The molecule has 1 aromatic heterocycles. The normalized spacial score (nSPS) is 11.5. The van der Waals surface area contributed by atoms with E-state index in [1.54, 1.807) is 24.2 Å². The zero-order valence-electron chi connectivity index (χ0n) is 9.70. The van der Waals surface area contributed by atoms with Gasteiger partial charge in [-0.2, -0.15) is 0 Å². The summed E-state index contributed by atoms with van der Waals surface area (Å²) in [4.78, 5) is 15.8. The summed E-state index contributed by atoms with van der Waals surface area (Å²) in [5.41, 5.74) is 1.75. The van der Waals surface area contributed by atoms with E-state index in [0.29, 0.717) is 5.75 Å². The molecule has 1 aromatic rings. The van der Waals surface area contributed by atoms with Crippen LogP contribution in [0.1, 0.15) is 36.7 Å². The van der Waals surface area contributed by atoms with Gasteiger partial charge in [-0.15, -0.1) is 11.8 Å². The van der Waals surface area contributed by atoms with E-state index in [0.717, 1.165) is 11.1 Å². The molecular weight excluding hydrogens is 206 g/mol. The first-order chi connectivity index (χ1) is 6.90. The fraction of sp³-hybridized carbons (Fsp3) is 0.500. The van der Waals surface area contributed by atoms with Gasteiger partial charge >= 0.3 is 0 Å². The Morgan fingerprint density at radius 3 is 2.67 bits per heavy atom. The predicted octanol–water partition coefficient (Wildman–Crippen LogP) is 3.10. The molecule has 1 rings (SSSR count). The second-order valence-electron chi connectivity index (χ2n) is 4.51. The average molecular weight is 223 g/mol. The molecule has 0 spiro atoms. The van der Waals surface area contributed by atoms with Gasteiger partial charge in [0.15, 0.2) is 5.78 Å². The van der Waals surface area contributed by atoms with Gasteiger partial charge in [-0.3, -0.25) is 9.78 Å². The highest BCUT2D eigenvalue weighted by Crippen LogP contribution is 2.24. The molecule has 0 aliphatic carbocycles. The minimum atomic E-state index is 0.131. The van der Waals surface area contributed by atoms with Crippen molar-refractivity contribution in [2.75, 3.05) is 5.75 Å². The van der Waals surface area contributed by atoms with E-state index >= 15 is 0 Å². The van der Waals surface area contributed by atoms with Crippen LogP contribution in [-0.4, -0.2) is 21.3 Å². The first-order valence-corrected chi connectivity index (χ1v) is 5.96. The Balaban J connectivity index is 2.66. The molecule has 0 aromatic carbocycles. The number of aryl methyl sites for hydroxylation is 1. The molecule has 82 valence electrons. The van der Waals surface area contributed by atoms with Gasteiger partial charge in [0, 0.05) is 22.7 Å². The molecule has 0 saturated heterocycles. The second-order valence-corrected chi connectivity index (χ2v) is 6.32. The second kappa shape index (κ2) is 4.79. The average Bonchev–Trinajstić information content (AvgIpc) is 2.14. The molecule has 15 heavy (non-hydrogen) atoms. The highest BCUT2D eigenvalue weighted by molar-refractivity contribution is 8.01. The summed E-state index contributed by atoms with van der Waals surface area (Å²) in [6, 6.07) is 1.87. The first-order valence-electron chi connectivity index (χ1n) is 4.98. The number of carbonyl (C=O) groups excluding carboxylic acids is 1. The molecule has 0 aliphatic rings. The van der Waals surface area contributed by atoms with Crippen LogP contribution in [0, 0.1) is 6.92 Å². The van der Waals surface area contributed by atoms with E-state index in [2.05, 4.69) is 25.8 Å². The van der Waals surface area contributed by atoms with Crippen LogP contribution < -0.4 is 0 Å². The van der Waals surface area contributed by atoms with Crippen molar-refractivity contribution in [3.63, 3.8) is 0 Å². The number of pyridine rings is 1. The van der Waals surface area contributed by atoms with Gasteiger partial charge in [0.05, 0.1) is 5.75 Å². The summed E-state index contributed by atoms with van der Waals surface area (Å²) in [6.07, 6.45) is 3.36. The van der Waals surface area contributed by atoms with Gasteiger partial charge in [-0.25, -0.2) is 0 Å². The van der Waals surface area contributed by atoms with Crippen LogP contribution in [0.15, 0.2) is 18.5 Å². The molecule has 1 heterocycles. The first kappa shape index (κ1) is 12.2. The molecule has 0 saturated carbocycles. The summed E-state index contributed by atoms with van der Waals surface area (Å²) in [5.74, 6) is 0.691. The van der Waals surface area contributed by atoms with Crippen LogP contribution in [0.25, 0.3) is 0 Å². The number of aromatic nitrogens is 1. The van der Waals surface area contributed by atoms with Crippen LogP contribution in [0.4, 0.5) is 0 Å². The maximum atomic E-state index is 11.9. The third-order valence-corrected chi connectivity index (χ3v) is 3.25. The van der Waals surface area contributed by atoms with Gasteiger partial charge in [0.2, 0.25) is 0 Å². The summed E-state index contributed by atoms with van der Waals surface area (Å²) in [6.45, 7) is 8.28. The third-order valence-electron chi connectivity index (χ3n) is 1.98. The largest absolute Gasteiger partial charge is 0.293 e. The van der Waals surface area contributed by atoms with Crippen molar-refractivity contribution < 1.29 is 4.79 Å². The number of nitrogens with zero attached hydrogens (tertiary/aromatic N) is 1. The fourth-order valence-electron chi connectivity index (χ4n) is 1.12. The SMILES string of the molecule is Cc1ccncc1C(=O)CSC(C)(C)C. The van der Waals surface area contributed by atoms with Crippen molar-refractivity contribution in [3.8, 4) is 0 Å². The quantitative estimate of drug-likeness (QED) is 0.737. The number of carbonyl (C=O) groups is 1. The fourth-order valence-corrected chi connectivity index (χ4v) is 1.84. The van der Waals surface area contributed by atoms with Crippen LogP contribution >= 0.6 is 11.8 Å². The molecule has 0 unspecified atom stereocenters. The summed E-state index contributed by atoms with van der Waals surface area (Å²) in [5, 5.41) is 0. The Morgan fingerprint density at radius 2 is 2.13 bits per heavy atom. The monoisotopic (exact) mass is 223 g/mol. The molecule has 0 bridgehead atoms. The number of hydrogen-bond donors (Lipinski definition) is 0. The summed E-state index contributed by atoms with van der Waals surface area (Å²) < 4.78 is 0.131. The van der Waals surface area contributed by atoms with Gasteiger partial charge in [-0.05, 0) is 18.6 Å². The van der Waals surface area contributed by atoms with Crippen LogP contribution in [-0.2, 0) is 0 Å². The number of rotatable bonds is 3. The van der Waals surface area contributed by atoms with Crippen molar-refractivity contribution in [3.05, 3.63) is 29.6 Å². The lowest BCUT2D eigenvalue weighted by Gasteiger charge is -2.16. The highest BCUT2D eigenvalue weighted by atomic mass is 32.2. The Kier molecular flexibility index (Phi) is 3.91. The Bertz CT molecular complexity index is 355. The minimum absolute atomic E-state index is 0.131. The molecule has 0 atom stereocenters. The number of ketones is 1. The van der Waals surface area contributed by atoms with Crippen molar-refractivity contribution >= 4 is 17.5 Å². The lowest BCUT2D eigenvalue weighted by molar-refractivity contribution is 0.102. The smallest absolute Gasteiger partial charge is 0.174 e. The molecule has 0 fully saturated rings. The number of hydrogen-bond acceptors (Lipinski definition) is 3. The topological polar surface area (TPSA) is 30.0 Å². The zero-order valence-corrected chi connectivity index (χ0v) is 10.5. The number of Topliss-reactive ketones (excluding diaryl/α,β-unsaturated/α-hetero) is 1. The third kappa shape index (κ3) is 4.04. The van der Waals surface area contributed by atoms with Gasteiger partial charge in [-0.1, -0.05) is 20.8 Å². The summed E-state index contributed by atoms with van der Waals surface area (Å²) >= 11 is 1.67. The van der Waals surface area contributed by atoms with Crippen molar-refractivity contribution in [1.29, 1.82) is 0 Å². The highest BCUT2D eigenvalue weighted by Gasteiger charge is 2.15. The Labute approximate surface area is 95.5 Å². The van der Waals surface area contributed by atoms with Crippen molar-refractivity contribution in [1.82, 2.24) is 4.98 Å². The van der Waals surface area contributed by atoms with Crippen molar-refractivity contribution in [2.24, 2.45) is 0 Å².